The third-order valence-corrected chi connectivity index (χ3v) is 3.63. The van der Waals surface area contributed by atoms with Crippen LogP contribution in [0.3, 0.4) is 0 Å². The van der Waals surface area contributed by atoms with Crippen LogP contribution in [0.4, 0.5) is 0 Å². The zero-order valence-corrected chi connectivity index (χ0v) is 11.5. The minimum absolute atomic E-state index is 0.174. The van der Waals surface area contributed by atoms with Crippen molar-refractivity contribution in [1.82, 2.24) is 14.7 Å². The molecule has 106 valence electrons. The summed E-state index contributed by atoms with van der Waals surface area (Å²) in [7, 11) is 0. The lowest BCUT2D eigenvalue weighted by molar-refractivity contribution is -0.131. The Bertz CT molecular complexity index is 356. The molecule has 2 saturated heterocycles. The van der Waals surface area contributed by atoms with E-state index in [1.165, 1.54) is 6.92 Å². The highest BCUT2D eigenvalue weighted by molar-refractivity contribution is 5.82. The molecule has 6 nitrogen and oxygen atoms in total. The van der Waals surface area contributed by atoms with Gasteiger partial charge in [0.2, 0.25) is 11.8 Å². The lowest BCUT2D eigenvalue weighted by atomic mass is 10.3. The molecule has 0 aliphatic carbocycles. The summed E-state index contributed by atoms with van der Waals surface area (Å²) in [6.45, 7) is 7.16. The molecule has 0 atom stereocenters. The summed E-state index contributed by atoms with van der Waals surface area (Å²) in [5.41, 5.74) is 0. The summed E-state index contributed by atoms with van der Waals surface area (Å²) in [5, 5.41) is 0. The highest BCUT2D eigenvalue weighted by atomic mass is 16.2. The molecule has 2 aliphatic heterocycles. The zero-order valence-electron chi connectivity index (χ0n) is 11.5. The molecule has 0 unspecified atom stereocenters. The zero-order chi connectivity index (χ0) is 13.7. The first kappa shape index (κ1) is 14.0. The monoisotopic (exact) mass is 266 g/mol. The highest BCUT2D eigenvalue weighted by Crippen LogP contribution is 2.09. The maximum absolute atomic E-state index is 12.0. The molecule has 2 amide bonds. The van der Waals surface area contributed by atoms with Crippen LogP contribution in [-0.4, -0.2) is 78.7 Å². The van der Waals surface area contributed by atoms with E-state index in [4.69, 9.17) is 0 Å². The number of hydrogen-bond donors (Lipinski definition) is 0. The van der Waals surface area contributed by atoms with Crippen LogP contribution >= 0.6 is 0 Å². The fourth-order valence-corrected chi connectivity index (χ4v) is 2.46. The summed E-state index contributed by atoms with van der Waals surface area (Å²) >= 11 is 0. The van der Waals surface area contributed by atoms with Crippen molar-refractivity contribution < 1.29 is 9.59 Å². The Morgan fingerprint density at radius 2 is 1.68 bits per heavy atom. The van der Waals surface area contributed by atoms with E-state index >= 15 is 0 Å². The van der Waals surface area contributed by atoms with Crippen LogP contribution < -0.4 is 0 Å². The lowest BCUT2D eigenvalue weighted by Gasteiger charge is -2.33. The molecule has 2 aliphatic rings. The first-order valence-corrected chi connectivity index (χ1v) is 6.94. The summed E-state index contributed by atoms with van der Waals surface area (Å²) < 4.78 is 0. The molecule has 0 radical (unpaired) electrons. The van der Waals surface area contributed by atoms with Gasteiger partial charge >= 0.3 is 0 Å². The first-order chi connectivity index (χ1) is 9.15. The number of amides is 2. The van der Waals surface area contributed by atoms with E-state index in [9.17, 15) is 9.59 Å². The average molecular weight is 266 g/mol. The van der Waals surface area contributed by atoms with Crippen LogP contribution in [0.15, 0.2) is 4.99 Å². The molecule has 19 heavy (non-hydrogen) atoms. The Kier molecular flexibility index (Phi) is 4.90. The van der Waals surface area contributed by atoms with Crippen LogP contribution in [0.5, 0.6) is 0 Å². The largest absolute Gasteiger partial charge is 0.360 e. The number of piperazine rings is 1. The van der Waals surface area contributed by atoms with Gasteiger partial charge in [0.1, 0.15) is 0 Å². The van der Waals surface area contributed by atoms with Crippen molar-refractivity contribution in [3.8, 4) is 0 Å². The molecule has 2 heterocycles. The van der Waals surface area contributed by atoms with Gasteiger partial charge < -0.3 is 9.80 Å². The predicted octanol–water partition coefficient (Wildman–Crippen LogP) is -0.199. The van der Waals surface area contributed by atoms with Gasteiger partial charge in [-0.25, -0.2) is 4.99 Å². The van der Waals surface area contributed by atoms with Gasteiger partial charge in [-0.2, -0.15) is 0 Å². The van der Waals surface area contributed by atoms with Crippen molar-refractivity contribution in [2.75, 3.05) is 45.8 Å². The van der Waals surface area contributed by atoms with Crippen LogP contribution in [0.25, 0.3) is 0 Å². The molecule has 0 bridgehead atoms. The molecule has 2 rings (SSSR count). The van der Waals surface area contributed by atoms with Crippen LogP contribution in [0.1, 0.15) is 19.8 Å². The molecule has 6 heteroatoms. The van der Waals surface area contributed by atoms with Crippen LogP contribution in [0, 0.1) is 0 Å². The molecule has 0 saturated carbocycles. The molecule has 0 aromatic rings. The van der Waals surface area contributed by atoms with E-state index in [2.05, 4.69) is 9.89 Å². The van der Waals surface area contributed by atoms with E-state index in [1.54, 1.807) is 6.34 Å². The average Bonchev–Trinajstić information content (AvgIpc) is 2.92. The number of rotatable bonds is 3. The first-order valence-electron chi connectivity index (χ1n) is 6.94. The molecular weight excluding hydrogens is 244 g/mol. The Balaban J connectivity index is 1.71. The normalized spacial score (nSPS) is 21.3. The minimum atomic E-state index is -0.174. The molecule has 0 aromatic carbocycles. The Labute approximate surface area is 114 Å². The van der Waals surface area contributed by atoms with Crippen molar-refractivity contribution in [3.63, 3.8) is 0 Å². The van der Waals surface area contributed by atoms with E-state index in [0.717, 1.165) is 52.1 Å². The quantitative estimate of drug-likeness (QED) is 0.524. The number of carbonyl (C=O) groups excluding carboxylic acids is 2. The smallest absolute Gasteiger partial charge is 0.243 e. The second-order valence-corrected chi connectivity index (χ2v) is 5.16. The van der Waals surface area contributed by atoms with E-state index in [1.807, 2.05) is 9.80 Å². The lowest BCUT2D eigenvalue weighted by Crippen LogP contribution is -2.49. The number of hydrogen-bond acceptors (Lipinski definition) is 3. The van der Waals surface area contributed by atoms with Crippen LogP contribution in [0.2, 0.25) is 0 Å². The van der Waals surface area contributed by atoms with Gasteiger partial charge in [-0.1, -0.05) is 0 Å². The summed E-state index contributed by atoms with van der Waals surface area (Å²) in [6, 6.07) is 0. The van der Waals surface area contributed by atoms with Gasteiger partial charge in [0.15, 0.2) is 0 Å². The molecule has 0 spiro atoms. The van der Waals surface area contributed by atoms with Crippen LogP contribution in [-0.2, 0) is 9.59 Å². The highest BCUT2D eigenvalue weighted by Gasteiger charge is 2.22. The Morgan fingerprint density at radius 1 is 1.05 bits per heavy atom. The predicted molar refractivity (Wildman–Crippen MR) is 73.0 cm³/mol. The Hall–Kier alpha value is -1.43. The number of carbonyl (C=O) groups is 2. The topological polar surface area (TPSA) is 56.2 Å². The van der Waals surface area contributed by atoms with Crippen molar-refractivity contribution in [3.05, 3.63) is 0 Å². The molecule has 0 aromatic heterocycles. The number of likely N-dealkylation sites (tertiary alicyclic amines) is 1. The van der Waals surface area contributed by atoms with Gasteiger partial charge in [-0.3, -0.25) is 14.5 Å². The minimum Gasteiger partial charge on any atom is -0.360 e. The second kappa shape index (κ2) is 6.65. The van der Waals surface area contributed by atoms with E-state index < -0.39 is 0 Å². The van der Waals surface area contributed by atoms with E-state index in [0.29, 0.717) is 6.54 Å². The van der Waals surface area contributed by atoms with Gasteiger partial charge in [0, 0.05) is 46.2 Å². The number of aliphatic imine (C=N–C) groups is 1. The summed E-state index contributed by atoms with van der Waals surface area (Å²) in [6.07, 6.45) is 3.89. The van der Waals surface area contributed by atoms with Gasteiger partial charge in [0.25, 0.3) is 0 Å². The Morgan fingerprint density at radius 3 is 2.26 bits per heavy atom. The van der Waals surface area contributed by atoms with Gasteiger partial charge in [-0.05, 0) is 12.8 Å². The fourth-order valence-electron chi connectivity index (χ4n) is 2.46. The molecule has 2 fully saturated rings. The van der Waals surface area contributed by atoms with E-state index in [-0.39, 0.29) is 11.8 Å². The van der Waals surface area contributed by atoms with Crippen molar-refractivity contribution in [1.29, 1.82) is 0 Å². The van der Waals surface area contributed by atoms with Crippen molar-refractivity contribution in [2.45, 2.75) is 19.8 Å². The standard InChI is InChI=1S/C13H22N4O2/c1-12(18)14-11-16-8-6-15(7-9-16)10-13(19)17-4-2-3-5-17/h11H,2-10H2,1H3. The summed E-state index contributed by atoms with van der Waals surface area (Å²) in [4.78, 5) is 32.7. The maximum Gasteiger partial charge on any atom is 0.243 e. The van der Waals surface area contributed by atoms with Gasteiger partial charge in [-0.15, -0.1) is 0 Å². The summed E-state index contributed by atoms with van der Waals surface area (Å²) in [5.74, 6) is 0.0787. The molecular formula is C13H22N4O2. The number of nitrogens with zero attached hydrogens (tertiary/aromatic N) is 4. The maximum atomic E-state index is 12.0. The van der Waals surface area contributed by atoms with Crippen molar-refractivity contribution in [2.24, 2.45) is 4.99 Å². The fraction of sp³-hybridized carbons (Fsp3) is 0.769. The van der Waals surface area contributed by atoms with Gasteiger partial charge in [0.05, 0.1) is 12.9 Å². The second-order valence-electron chi connectivity index (χ2n) is 5.16. The molecule has 0 N–H and O–H groups in total. The SMILES string of the molecule is CC(=O)N=CN1CCN(CC(=O)N2CCCC2)CC1. The van der Waals surface area contributed by atoms with Crippen molar-refractivity contribution >= 4 is 18.2 Å². The third-order valence-electron chi connectivity index (χ3n) is 3.63. The third kappa shape index (κ3) is 4.31.